The van der Waals surface area contributed by atoms with Crippen molar-refractivity contribution in [2.24, 2.45) is 5.92 Å². The van der Waals surface area contributed by atoms with E-state index in [1.807, 2.05) is 22.4 Å². The first-order valence-corrected chi connectivity index (χ1v) is 10.1. The van der Waals surface area contributed by atoms with E-state index in [0.29, 0.717) is 25.2 Å². The van der Waals surface area contributed by atoms with E-state index in [1.165, 1.54) is 11.3 Å². The molecule has 0 bridgehead atoms. The average molecular weight is 366 g/mol. The first-order chi connectivity index (χ1) is 11.9. The van der Waals surface area contributed by atoms with Crippen LogP contribution in [0.15, 0.2) is 17.5 Å². The first kappa shape index (κ1) is 19.9. The minimum Gasteiger partial charge on any atom is -0.355 e. The minimum absolute atomic E-state index is 0.0540. The molecule has 2 amide bonds. The number of nitrogens with zero attached hydrogens (tertiary/aromatic N) is 2. The van der Waals surface area contributed by atoms with E-state index >= 15 is 0 Å². The minimum atomic E-state index is -0.0933. The van der Waals surface area contributed by atoms with Crippen LogP contribution in [0.1, 0.15) is 50.2 Å². The summed E-state index contributed by atoms with van der Waals surface area (Å²) in [6, 6.07) is 4.67. The van der Waals surface area contributed by atoms with Crippen LogP contribution in [0.4, 0.5) is 0 Å². The van der Waals surface area contributed by atoms with E-state index in [2.05, 4.69) is 37.9 Å². The number of piperidine rings is 1. The zero-order valence-electron chi connectivity index (χ0n) is 15.8. The summed E-state index contributed by atoms with van der Waals surface area (Å²) in [4.78, 5) is 29.9. The topological polar surface area (TPSA) is 52.7 Å². The molecule has 0 saturated carbocycles. The quantitative estimate of drug-likeness (QED) is 0.808. The van der Waals surface area contributed by atoms with E-state index in [4.69, 9.17) is 0 Å². The molecule has 1 aromatic rings. The molecule has 6 heteroatoms. The molecule has 0 unspecified atom stereocenters. The van der Waals surface area contributed by atoms with Crippen molar-refractivity contribution in [3.63, 3.8) is 0 Å². The molecule has 0 radical (unpaired) electrons. The number of nitrogens with one attached hydrogen (secondary N) is 1. The van der Waals surface area contributed by atoms with Crippen LogP contribution in [0.3, 0.4) is 0 Å². The number of likely N-dealkylation sites (tertiary alicyclic amines) is 1. The fourth-order valence-electron chi connectivity index (χ4n) is 3.50. The fourth-order valence-corrected chi connectivity index (χ4v) is 4.19. The van der Waals surface area contributed by atoms with Crippen LogP contribution in [0.5, 0.6) is 0 Å². The maximum atomic E-state index is 12.5. The zero-order chi connectivity index (χ0) is 18.4. The number of rotatable bonds is 7. The van der Waals surface area contributed by atoms with Crippen molar-refractivity contribution < 1.29 is 9.59 Å². The van der Waals surface area contributed by atoms with Crippen molar-refractivity contribution in [2.45, 2.75) is 52.6 Å². The molecule has 1 aliphatic rings. The standard InChI is InChI=1S/C19H31N3O2S/c1-14(2)22(15(3)4)11-9-20-18(23)16-7-5-10-21(13-16)19(24)17-8-6-12-25-17/h6,8,12,14-16H,5,7,9-11,13H2,1-4H3,(H,20,23)/t16-/m1/s1. The highest BCUT2D eigenvalue weighted by atomic mass is 32.1. The van der Waals surface area contributed by atoms with Crippen LogP contribution in [-0.2, 0) is 4.79 Å². The lowest BCUT2D eigenvalue weighted by Crippen LogP contribution is -2.47. The Morgan fingerprint density at radius 3 is 2.64 bits per heavy atom. The lowest BCUT2D eigenvalue weighted by molar-refractivity contribution is -0.126. The average Bonchev–Trinajstić information content (AvgIpc) is 3.11. The highest BCUT2D eigenvalue weighted by Crippen LogP contribution is 2.20. The van der Waals surface area contributed by atoms with Crippen molar-refractivity contribution >= 4 is 23.2 Å². The van der Waals surface area contributed by atoms with Crippen molar-refractivity contribution in [3.05, 3.63) is 22.4 Å². The van der Waals surface area contributed by atoms with Gasteiger partial charge in [-0.1, -0.05) is 6.07 Å². The number of thiophene rings is 1. The second-order valence-electron chi connectivity index (χ2n) is 7.28. The second kappa shape index (κ2) is 9.34. The van der Waals surface area contributed by atoms with Gasteiger partial charge in [-0.2, -0.15) is 0 Å². The Hall–Kier alpha value is -1.40. The third-order valence-corrected chi connectivity index (χ3v) is 5.67. The van der Waals surface area contributed by atoms with E-state index < -0.39 is 0 Å². The summed E-state index contributed by atoms with van der Waals surface area (Å²) >= 11 is 1.46. The van der Waals surface area contributed by atoms with Crippen molar-refractivity contribution in [1.82, 2.24) is 15.1 Å². The molecular weight excluding hydrogens is 334 g/mol. The van der Waals surface area contributed by atoms with Gasteiger partial charge in [0.2, 0.25) is 5.91 Å². The lowest BCUT2D eigenvalue weighted by Gasteiger charge is -2.33. The summed E-state index contributed by atoms with van der Waals surface area (Å²) in [5, 5.41) is 4.98. The van der Waals surface area contributed by atoms with Gasteiger partial charge in [-0.25, -0.2) is 0 Å². The highest BCUT2D eigenvalue weighted by Gasteiger charge is 2.29. The fraction of sp³-hybridized carbons (Fsp3) is 0.684. The molecule has 1 fully saturated rings. The molecule has 1 aromatic heterocycles. The summed E-state index contributed by atoms with van der Waals surface area (Å²) in [5.41, 5.74) is 0. The number of hydrogen-bond donors (Lipinski definition) is 1. The Kier molecular flexibility index (Phi) is 7.44. The molecule has 140 valence electrons. The summed E-state index contributed by atoms with van der Waals surface area (Å²) in [6.45, 7) is 11.5. The Bertz CT molecular complexity index is 549. The molecular formula is C19H31N3O2S. The Morgan fingerprint density at radius 1 is 1.32 bits per heavy atom. The predicted octanol–water partition coefficient (Wildman–Crippen LogP) is 2.84. The smallest absolute Gasteiger partial charge is 0.263 e. The van der Waals surface area contributed by atoms with Gasteiger partial charge in [0.25, 0.3) is 5.91 Å². The summed E-state index contributed by atoms with van der Waals surface area (Å²) in [7, 11) is 0. The monoisotopic (exact) mass is 365 g/mol. The number of amides is 2. The normalized spacial score (nSPS) is 18.2. The third kappa shape index (κ3) is 5.54. The molecule has 0 spiro atoms. The summed E-state index contributed by atoms with van der Waals surface area (Å²) < 4.78 is 0. The van der Waals surface area contributed by atoms with Gasteiger partial charge in [0.1, 0.15) is 0 Å². The van der Waals surface area contributed by atoms with Gasteiger partial charge in [0, 0.05) is 38.3 Å². The molecule has 1 saturated heterocycles. The molecule has 25 heavy (non-hydrogen) atoms. The molecule has 1 N–H and O–H groups in total. The number of carbonyl (C=O) groups is 2. The molecule has 2 heterocycles. The van der Waals surface area contributed by atoms with Crippen molar-refractivity contribution in [1.29, 1.82) is 0 Å². The number of hydrogen-bond acceptors (Lipinski definition) is 4. The molecule has 0 aliphatic carbocycles. The van der Waals surface area contributed by atoms with Crippen LogP contribution in [0, 0.1) is 5.92 Å². The number of carbonyl (C=O) groups excluding carboxylic acids is 2. The highest BCUT2D eigenvalue weighted by molar-refractivity contribution is 7.12. The van der Waals surface area contributed by atoms with Gasteiger partial charge in [0.15, 0.2) is 0 Å². The molecule has 2 rings (SSSR count). The van der Waals surface area contributed by atoms with Gasteiger partial charge in [0.05, 0.1) is 10.8 Å². The maximum absolute atomic E-state index is 12.5. The largest absolute Gasteiger partial charge is 0.355 e. The van der Waals surface area contributed by atoms with Gasteiger partial charge >= 0.3 is 0 Å². The van der Waals surface area contributed by atoms with Gasteiger partial charge in [-0.3, -0.25) is 14.5 Å². The van der Waals surface area contributed by atoms with Crippen molar-refractivity contribution in [2.75, 3.05) is 26.2 Å². The molecule has 1 atom stereocenters. The Labute approximate surface area is 155 Å². The van der Waals surface area contributed by atoms with E-state index in [1.54, 1.807) is 0 Å². The first-order valence-electron chi connectivity index (χ1n) is 9.26. The van der Waals surface area contributed by atoms with Gasteiger partial charge in [-0.15, -0.1) is 11.3 Å². The van der Waals surface area contributed by atoms with Crippen LogP contribution in [0.25, 0.3) is 0 Å². The summed E-state index contributed by atoms with van der Waals surface area (Å²) in [5.74, 6) is 0.0404. The van der Waals surface area contributed by atoms with Crippen LogP contribution in [0.2, 0.25) is 0 Å². The van der Waals surface area contributed by atoms with Crippen LogP contribution >= 0.6 is 11.3 Å². The SMILES string of the molecule is CC(C)N(CCNC(=O)[C@@H]1CCCN(C(=O)c2cccs2)C1)C(C)C. The zero-order valence-corrected chi connectivity index (χ0v) is 16.6. The van der Waals surface area contributed by atoms with Crippen molar-refractivity contribution in [3.8, 4) is 0 Å². The molecule has 1 aliphatic heterocycles. The predicted molar refractivity (Wildman–Crippen MR) is 103 cm³/mol. The Balaban J connectivity index is 1.82. The van der Waals surface area contributed by atoms with Gasteiger partial charge in [-0.05, 0) is 52.0 Å². The van der Waals surface area contributed by atoms with Crippen LogP contribution in [-0.4, -0.2) is 59.9 Å². The molecule has 0 aromatic carbocycles. The lowest BCUT2D eigenvalue weighted by atomic mass is 9.97. The van der Waals surface area contributed by atoms with E-state index in [0.717, 1.165) is 30.8 Å². The Morgan fingerprint density at radius 2 is 2.04 bits per heavy atom. The second-order valence-corrected chi connectivity index (χ2v) is 8.23. The molecule has 5 nitrogen and oxygen atoms in total. The van der Waals surface area contributed by atoms with Gasteiger partial charge < -0.3 is 10.2 Å². The summed E-state index contributed by atoms with van der Waals surface area (Å²) in [6.07, 6.45) is 1.75. The van der Waals surface area contributed by atoms with Crippen LogP contribution < -0.4 is 5.32 Å². The third-order valence-electron chi connectivity index (χ3n) is 4.81. The van der Waals surface area contributed by atoms with E-state index in [-0.39, 0.29) is 17.7 Å². The maximum Gasteiger partial charge on any atom is 0.263 e. The van der Waals surface area contributed by atoms with E-state index in [9.17, 15) is 9.59 Å².